The van der Waals surface area contributed by atoms with Crippen LogP contribution in [0, 0.1) is 5.92 Å². The van der Waals surface area contributed by atoms with Crippen molar-refractivity contribution < 1.29 is 4.79 Å². The van der Waals surface area contributed by atoms with Gasteiger partial charge in [-0.3, -0.25) is 9.69 Å². The molecule has 1 amide bonds. The zero-order valence-corrected chi connectivity index (χ0v) is 11.8. The zero-order chi connectivity index (χ0) is 13.1. The van der Waals surface area contributed by atoms with Gasteiger partial charge in [0.15, 0.2) is 0 Å². The Morgan fingerprint density at radius 2 is 2.00 bits per heavy atom. The molecular weight excluding hydrogens is 226 g/mol. The van der Waals surface area contributed by atoms with E-state index in [0.717, 1.165) is 51.9 Å². The van der Waals surface area contributed by atoms with Gasteiger partial charge in [-0.25, -0.2) is 0 Å². The summed E-state index contributed by atoms with van der Waals surface area (Å²) in [6, 6.07) is 0.659. The quantitative estimate of drug-likeness (QED) is 0.815. The number of nitrogens with two attached hydrogens (primary N) is 1. The topological polar surface area (TPSA) is 49.6 Å². The van der Waals surface area contributed by atoms with Crippen LogP contribution in [0.5, 0.6) is 0 Å². The Morgan fingerprint density at radius 1 is 1.28 bits per heavy atom. The van der Waals surface area contributed by atoms with E-state index in [1.165, 1.54) is 0 Å². The fourth-order valence-corrected chi connectivity index (χ4v) is 3.51. The minimum absolute atomic E-state index is 0.0976. The standard InChI is InChI=1S/C14H27N3O/c1-3-16(4-2)11-8-9-17(10-11)14(18)12-6-5-7-13(12)15/h11-13H,3-10,15H2,1-2H3/t11-,12+,13-/m1/s1. The van der Waals surface area contributed by atoms with Crippen LogP contribution in [-0.2, 0) is 4.79 Å². The third kappa shape index (κ3) is 2.69. The molecule has 1 saturated carbocycles. The molecule has 2 aliphatic rings. The maximum atomic E-state index is 12.4. The molecule has 104 valence electrons. The second kappa shape index (κ2) is 6.02. The first-order valence-electron chi connectivity index (χ1n) is 7.45. The number of carbonyl (C=O) groups is 1. The highest BCUT2D eigenvalue weighted by Gasteiger charge is 2.37. The third-order valence-corrected chi connectivity index (χ3v) is 4.69. The second-order valence-electron chi connectivity index (χ2n) is 5.65. The Morgan fingerprint density at radius 3 is 2.56 bits per heavy atom. The van der Waals surface area contributed by atoms with Crippen LogP contribution in [-0.4, -0.2) is 54.0 Å². The average Bonchev–Trinajstić information content (AvgIpc) is 2.99. The van der Waals surface area contributed by atoms with Crippen LogP contribution in [0.15, 0.2) is 0 Å². The Kier molecular flexibility index (Phi) is 4.62. The second-order valence-corrected chi connectivity index (χ2v) is 5.65. The van der Waals surface area contributed by atoms with E-state index in [1.807, 2.05) is 0 Å². The number of rotatable bonds is 4. The summed E-state index contributed by atoms with van der Waals surface area (Å²) in [6.45, 7) is 8.37. The maximum absolute atomic E-state index is 12.4. The number of likely N-dealkylation sites (N-methyl/N-ethyl adjacent to an activating group) is 1. The van der Waals surface area contributed by atoms with Crippen LogP contribution in [0.4, 0.5) is 0 Å². The minimum atomic E-state index is 0.0976. The Hall–Kier alpha value is -0.610. The van der Waals surface area contributed by atoms with E-state index in [4.69, 9.17) is 5.73 Å². The molecule has 3 atom stereocenters. The van der Waals surface area contributed by atoms with E-state index in [-0.39, 0.29) is 12.0 Å². The van der Waals surface area contributed by atoms with E-state index in [9.17, 15) is 4.79 Å². The lowest BCUT2D eigenvalue weighted by molar-refractivity contribution is -0.134. The molecular formula is C14H27N3O. The van der Waals surface area contributed by atoms with Gasteiger partial charge in [0.1, 0.15) is 0 Å². The summed E-state index contributed by atoms with van der Waals surface area (Å²) in [5.74, 6) is 0.412. The van der Waals surface area contributed by atoms with Crippen LogP contribution in [0.25, 0.3) is 0 Å². The van der Waals surface area contributed by atoms with Gasteiger partial charge in [-0.15, -0.1) is 0 Å². The molecule has 0 unspecified atom stereocenters. The summed E-state index contributed by atoms with van der Waals surface area (Å²) < 4.78 is 0. The smallest absolute Gasteiger partial charge is 0.227 e. The van der Waals surface area contributed by atoms with Crippen molar-refractivity contribution >= 4 is 5.91 Å². The van der Waals surface area contributed by atoms with Gasteiger partial charge in [0.2, 0.25) is 5.91 Å². The highest BCUT2D eigenvalue weighted by atomic mass is 16.2. The van der Waals surface area contributed by atoms with Gasteiger partial charge in [-0.1, -0.05) is 20.3 Å². The van der Waals surface area contributed by atoms with E-state index >= 15 is 0 Å². The Labute approximate surface area is 110 Å². The van der Waals surface area contributed by atoms with Gasteiger partial charge >= 0.3 is 0 Å². The molecule has 2 fully saturated rings. The van der Waals surface area contributed by atoms with Gasteiger partial charge < -0.3 is 10.6 Å². The summed E-state index contributed by atoms with van der Waals surface area (Å²) >= 11 is 0. The minimum Gasteiger partial charge on any atom is -0.341 e. The van der Waals surface area contributed by atoms with Crippen molar-refractivity contribution in [3.05, 3.63) is 0 Å². The van der Waals surface area contributed by atoms with Crippen molar-refractivity contribution in [2.24, 2.45) is 11.7 Å². The predicted octanol–water partition coefficient (Wildman–Crippen LogP) is 1.06. The molecule has 18 heavy (non-hydrogen) atoms. The summed E-state index contributed by atoms with van der Waals surface area (Å²) in [5.41, 5.74) is 6.04. The molecule has 1 aliphatic carbocycles. The lowest BCUT2D eigenvalue weighted by Crippen LogP contribution is -2.43. The summed E-state index contributed by atoms with van der Waals surface area (Å²) in [7, 11) is 0. The van der Waals surface area contributed by atoms with Crippen molar-refractivity contribution in [2.75, 3.05) is 26.2 Å². The molecule has 1 aliphatic heterocycles. The van der Waals surface area contributed by atoms with Crippen LogP contribution >= 0.6 is 0 Å². The van der Waals surface area contributed by atoms with Crippen LogP contribution in [0.2, 0.25) is 0 Å². The molecule has 0 aromatic carbocycles. The van der Waals surface area contributed by atoms with E-state index in [1.54, 1.807) is 0 Å². The molecule has 2 N–H and O–H groups in total. The highest BCUT2D eigenvalue weighted by molar-refractivity contribution is 5.80. The number of likely N-dealkylation sites (tertiary alicyclic amines) is 1. The van der Waals surface area contributed by atoms with Crippen molar-refractivity contribution in [1.29, 1.82) is 0 Å². The monoisotopic (exact) mass is 253 g/mol. The van der Waals surface area contributed by atoms with Gasteiger partial charge in [0, 0.05) is 25.2 Å². The van der Waals surface area contributed by atoms with Gasteiger partial charge in [0.05, 0.1) is 5.92 Å². The predicted molar refractivity (Wildman–Crippen MR) is 73.2 cm³/mol. The number of carbonyl (C=O) groups excluding carboxylic acids is 1. The molecule has 0 spiro atoms. The molecule has 2 rings (SSSR count). The fraction of sp³-hybridized carbons (Fsp3) is 0.929. The third-order valence-electron chi connectivity index (χ3n) is 4.69. The lowest BCUT2D eigenvalue weighted by atomic mass is 10.0. The molecule has 1 saturated heterocycles. The van der Waals surface area contributed by atoms with Crippen LogP contribution in [0.1, 0.15) is 39.5 Å². The highest BCUT2D eigenvalue weighted by Crippen LogP contribution is 2.27. The average molecular weight is 253 g/mol. The first-order chi connectivity index (χ1) is 8.67. The molecule has 0 aromatic heterocycles. The largest absolute Gasteiger partial charge is 0.341 e. The maximum Gasteiger partial charge on any atom is 0.227 e. The number of amides is 1. The first-order valence-corrected chi connectivity index (χ1v) is 7.45. The number of hydrogen-bond donors (Lipinski definition) is 1. The summed E-state index contributed by atoms with van der Waals surface area (Å²) in [6.07, 6.45) is 4.25. The Balaban J connectivity index is 1.90. The van der Waals surface area contributed by atoms with E-state index < -0.39 is 0 Å². The molecule has 1 heterocycles. The number of nitrogens with zero attached hydrogens (tertiary/aromatic N) is 2. The zero-order valence-electron chi connectivity index (χ0n) is 11.8. The van der Waals surface area contributed by atoms with Crippen LogP contribution in [0.3, 0.4) is 0 Å². The summed E-state index contributed by atoms with van der Waals surface area (Å²) in [4.78, 5) is 16.9. The van der Waals surface area contributed by atoms with Crippen molar-refractivity contribution in [1.82, 2.24) is 9.80 Å². The molecule has 0 bridgehead atoms. The summed E-state index contributed by atoms with van der Waals surface area (Å²) in [5, 5.41) is 0. The van der Waals surface area contributed by atoms with Gasteiger partial charge in [-0.2, -0.15) is 0 Å². The van der Waals surface area contributed by atoms with Gasteiger partial charge in [-0.05, 0) is 32.4 Å². The van der Waals surface area contributed by atoms with Crippen molar-refractivity contribution in [2.45, 2.75) is 51.6 Å². The normalized spacial score (nSPS) is 32.4. The lowest BCUT2D eigenvalue weighted by Gasteiger charge is -2.27. The molecule has 4 heteroatoms. The molecule has 4 nitrogen and oxygen atoms in total. The first kappa shape index (κ1) is 13.8. The SMILES string of the molecule is CCN(CC)[C@@H]1CCN(C(=O)[C@H]2CCC[C@H]2N)C1. The Bertz CT molecular complexity index is 291. The van der Waals surface area contributed by atoms with Crippen molar-refractivity contribution in [3.63, 3.8) is 0 Å². The number of hydrogen-bond acceptors (Lipinski definition) is 3. The molecule has 0 aromatic rings. The van der Waals surface area contributed by atoms with E-state index in [0.29, 0.717) is 11.9 Å². The van der Waals surface area contributed by atoms with E-state index in [2.05, 4.69) is 23.6 Å². The van der Waals surface area contributed by atoms with Crippen molar-refractivity contribution in [3.8, 4) is 0 Å². The molecule has 0 radical (unpaired) electrons. The fourth-order valence-electron chi connectivity index (χ4n) is 3.51. The van der Waals surface area contributed by atoms with Crippen LogP contribution < -0.4 is 5.73 Å². The van der Waals surface area contributed by atoms with Gasteiger partial charge in [0.25, 0.3) is 0 Å².